The lowest BCUT2D eigenvalue weighted by molar-refractivity contribution is 0.0260. The molecule has 0 amide bonds. The second-order valence-corrected chi connectivity index (χ2v) is 4.72. The molecule has 1 N–H and O–H groups in total. The molecule has 80 valence electrons. The molecule has 2 aliphatic rings. The Kier molecular flexibility index (Phi) is 2.08. The van der Waals surface area contributed by atoms with Gasteiger partial charge in [-0.3, -0.25) is 0 Å². The Morgan fingerprint density at radius 3 is 3.13 bits per heavy atom. The van der Waals surface area contributed by atoms with Gasteiger partial charge in [-0.1, -0.05) is 23.8 Å². The van der Waals surface area contributed by atoms with Gasteiger partial charge in [0.25, 0.3) is 0 Å². The van der Waals surface area contributed by atoms with Gasteiger partial charge in [0.05, 0.1) is 18.8 Å². The van der Waals surface area contributed by atoms with E-state index in [-0.39, 0.29) is 5.54 Å². The van der Waals surface area contributed by atoms with E-state index in [4.69, 9.17) is 4.74 Å². The largest absolute Gasteiger partial charge is 0.378 e. The first-order valence-corrected chi connectivity index (χ1v) is 5.73. The van der Waals surface area contributed by atoms with E-state index in [0.717, 1.165) is 19.8 Å². The number of benzene rings is 1. The van der Waals surface area contributed by atoms with E-state index >= 15 is 0 Å². The first-order valence-electron chi connectivity index (χ1n) is 5.73. The molecule has 0 bridgehead atoms. The van der Waals surface area contributed by atoms with E-state index in [2.05, 4.69) is 30.4 Å². The van der Waals surface area contributed by atoms with Crippen molar-refractivity contribution in [1.29, 1.82) is 0 Å². The molecule has 0 radical (unpaired) electrons. The first kappa shape index (κ1) is 9.37. The van der Waals surface area contributed by atoms with Gasteiger partial charge >= 0.3 is 0 Å². The van der Waals surface area contributed by atoms with Crippen LogP contribution in [0, 0.1) is 6.92 Å². The van der Waals surface area contributed by atoms with Gasteiger partial charge in [-0.15, -0.1) is 0 Å². The Morgan fingerprint density at radius 2 is 2.33 bits per heavy atom. The standard InChI is InChI=1S/C13H17NO/c1-10-2-3-11-4-5-13(12(11)8-10)9-15-7-6-14-13/h2-3,8,14H,4-7,9H2,1H3/t13-/m1/s1. The van der Waals surface area contributed by atoms with E-state index in [9.17, 15) is 0 Å². The minimum absolute atomic E-state index is 0.125. The molecule has 1 aromatic carbocycles. The normalized spacial score (nSPS) is 29.4. The predicted octanol–water partition coefficient (Wildman–Crippen LogP) is 1.76. The summed E-state index contributed by atoms with van der Waals surface area (Å²) in [5.41, 5.74) is 4.45. The van der Waals surface area contributed by atoms with Gasteiger partial charge in [0.2, 0.25) is 0 Å². The van der Waals surface area contributed by atoms with E-state index in [1.165, 1.54) is 29.5 Å². The van der Waals surface area contributed by atoms with Gasteiger partial charge < -0.3 is 10.1 Å². The van der Waals surface area contributed by atoms with E-state index < -0.39 is 0 Å². The molecular weight excluding hydrogens is 186 g/mol. The van der Waals surface area contributed by atoms with Crippen LogP contribution in [0.25, 0.3) is 0 Å². The lowest BCUT2D eigenvalue weighted by Crippen LogP contribution is -2.50. The molecule has 1 aliphatic carbocycles. The number of fused-ring (bicyclic) bond motifs is 2. The molecule has 1 atom stereocenters. The highest BCUT2D eigenvalue weighted by Gasteiger charge is 2.40. The molecule has 2 heteroatoms. The predicted molar refractivity (Wildman–Crippen MR) is 60.0 cm³/mol. The van der Waals surface area contributed by atoms with Crippen LogP contribution in [-0.4, -0.2) is 19.8 Å². The fraction of sp³-hybridized carbons (Fsp3) is 0.538. The van der Waals surface area contributed by atoms with Crippen LogP contribution in [0.1, 0.15) is 23.1 Å². The third-order valence-corrected chi connectivity index (χ3v) is 3.66. The van der Waals surface area contributed by atoms with Crippen LogP contribution in [0.4, 0.5) is 0 Å². The topological polar surface area (TPSA) is 21.3 Å². The zero-order chi connectivity index (χ0) is 10.3. The smallest absolute Gasteiger partial charge is 0.0691 e. The number of aryl methyl sites for hydroxylation is 2. The molecule has 3 rings (SSSR count). The summed E-state index contributed by atoms with van der Waals surface area (Å²) in [6.45, 7) is 4.83. The monoisotopic (exact) mass is 203 g/mol. The van der Waals surface area contributed by atoms with Crippen molar-refractivity contribution in [1.82, 2.24) is 5.32 Å². The molecule has 1 spiro atoms. The van der Waals surface area contributed by atoms with Gasteiger partial charge in [-0.05, 0) is 30.9 Å². The molecule has 1 fully saturated rings. The summed E-state index contributed by atoms with van der Waals surface area (Å²) in [5.74, 6) is 0. The van der Waals surface area contributed by atoms with Crippen molar-refractivity contribution in [2.75, 3.05) is 19.8 Å². The number of hydrogen-bond acceptors (Lipinski definition) is 2. The van der Waals surface area contributed by atoms with Crippen LogP contribution in [-0.2, 0) is 16.7 Å². The molecular formula is C13H17NO. The third-order valence-electron chi connectivity index (χ3n) is 3.66. The molecule has 2 nitrogen and oxygen atoms in total. The molecule has 1 saturated heterocycles. The van der Waals surface area contributed by atoms with Crippen molar-refractivity contribution in [3.8, 4) is 0 Å². The highest BCUT2D eigenvalue weighted by molar-refractivity contribution is 5.41. The Balaban J connectivity index is 2.05. The number of hydrogen-bond donors (Lipinski definition) is 1. The van der Waals surface area contributed by atoms with Gasteiger partial charge in [-0.25, -0.2) is 0 Å². The van der Waals surface area contributed by atoms with Crippen molar-refractivity contribution in [2.24, 2.45) is 0 Å². The minimum Gasteiger partial charge on any atom is -0.378 e. The van der Waals surface area contributed by atoms with Crippen molar-refractivity contribution in [3.05, 3.63) is 34.9 Å². The first-order chi connectivity index (χ1) is 7.30. The second-order valence-electron chi connectivity index (χ2n) is 4.72. The zero-order valence-electron chi connectivity index (χ0n) is 9.18. The van der Waals surface area contributed by atoms with Crippen LogP contribution in [0.3, 0.4) is 0 Å². The van der Waals surface area contributed by atoms with Crippen molar-refractivity contribution >= 4 is 0 Å². The van der Waals surface area contributed by atoms with Crippen LogP contribution in [0.5, 0.6) is 0 Å². The quantitative estimate of drug-likeness (QED) is 0.693. The lowest BCUT2D eigenvalue weighted by Gasteiger charge is -2.35. The fourth-order valence-corrected chi connectivity index (χ4v) is 2.83. The van der Waals surface area contributed by atoms with Gasteiger partial charge in [0, 0.05) is 6.54 Å². The zero-order valence-corrected chi connectivity index (χ0v) is 9.18. The Morgan fingerprint density at radius 1 is 1.40 bits per heavy atom. The Hall–Kier alpha value is -0.860. The average molecular weight is 203 g/mol. The van der Waals surface area contributed by atoms with Crippen molar-refractivity contribution in [2.45, 2.75) is 25.3 Å². The van der Waals surface area contributed by atoms with Crippen LogP contribution in [0.2, 0.25) is 0 Å². The van der Waals surface area contributed by atoms with Crippen LogP contribution in [0.15, 0.2) is 18.2 Å². The van der Waals surface area contributed by atoms with Crippen LogP contribution < -0.4 is 5.32 Å². The third kappa shape index (κ3) is 1.40. The molecule has 0 aromatic heterocycles. The molecule has 1 aliphatic heterocycles. The second kappa shape index (κ2) is 3.32. The van der Waals surface area contributed by atoms with Crippen molar-refractivity contribution < 1.29 is 4.74 Å². The number of rotatable bonds is 0. The number of ether oxygens (including phenoxy) is 1. The SMILES string of the molecule is Cc1ccc2c(c1)[C@@]1(CC2)COCCN1. The van der Waals surface area contributed by atoms with Gasteiger partial charge in [-0.2, -0.15) is 0 Å². The Bertz CT molecular complexity index is 375. The summed E-state index contributed by atoms with van der Waals surface area (Å²) in [7, 11) is 0. The fourth-order valence-electron chi connectivity index (χ4n) is 2.83. The lowest BCUT2D eigenvalue weighted by atomic mass is 9.91. The van der Waals surface area contributed by atoms with Gasteiger partial charge in [0.15, 0.2) is 0 Å². The highest BCUT2D eigenvalue weighted by Crippen LogP contribution is 2.38. The van der Waals surface area contributed by atoms with Crippen LogP contribution >= 0.6 is 0 Å². The summed E-state index contributed by atoms with van der Waals surface area (Å²) in [5, 5.41) is 3.65. The highest BCUT2D eigenvalue weighted by atomic mass is 16.5. The van der Waals surface area contributed by atoms with E-state index in [1.807, 2.05) is 0 Å². The summed E-state index contributed by atoms with van der Waals surface area (Å²) in [6.07, 6.45) is 2.37. The number of nitrogens with one attached hydrogen (secondary N) is 1. The van der Waals surface area contributed by atoms with Crippen molar-refractivity contribution in [3.63, 3.8) is 0 Å². The maximum absolute atomic E-state index is 5.64. The molecule has 0 saturated carbocycles. The molecule has 0 unspecified atom stereocenters. The summed E-state index contributed by atoms with van der Waals surface area (Å²) >= 11 is 0. The summed E-state index contributed by atoms with van der Waals surface area (Å²) in [6, 6.07) is 6.81. The molecule has 1 heterocycles. The summed E-state index contributed by atoms with van der Waals surface area (Å²) < 4.78 is 5.64. The maximum atomic E-state index is 5.64. The maximum Gasteiger partial charge on any atom is 0.0691 e. The Labute approximate surface area is 90.6 Å². The molecule has 15 heavy (non-hydrogen) atoms. The average Bonchev–Trinajstić information content (AvgIpc) is 2.59. The van der Waals surface area contributed by atoms with E-state index in [1.54, 1.807) is 0 Å². The van der Waals surface area contributed by atoms with Gasteiger partial charge in [0.1, 0.15) is 0 Å². The van der Waals surface area contributed by atoms with E-state index in [0.29, 0.717) is 0 Å². The minimum atomic E-state index is 0.125. The molecule has 1 aromatic rings. The number of morpholine rings is 1. The summed E-state index contributed by atoms with van der Waals surface area (Å²) in [4.78, 5) is 0.